The van der Waals surface area contributed by atoms with Crippen molar-refractivity contribution in [3.05, 3.63) is 35.4 Å². The van der Waals surface area contributed by atoms with Gasteiger partial charge in [-0.05, 0) is 30.5 Å². The van der Waals surface area contributed by atoms with E-state index in [1.54, 1.807) is 0 Å². The first kappa shape index (κ1) is 12.1. The highest BCUT2D eigenvalue weighted by Gasteiger charge is 2.22. The third kappa shape index (κ3) is 3.07. The molecule has 0 spiro atoms. The van der Waals surface area contributed by atoms with Crippen molar-refractivity contribution in [1.82, 2.24) is 10.6 Å². The van der Waals surface area contributed by atoms with Crippen LogP contribution in [0.5, 0.6) is 0 Å². The number of hydrogen-bond acceptors (Lipinski definition) is 2. The molecule has 3 heteroatoms. The van der Waals surface area contributed by atoms with Crippen molar-refractivity contribution < 1.29 is 4.79 Å². The van der Waals surface area contributed by atoms with Crippen molar-refractivity contribution in [2.24, 2.45) is 0 Å². The number of rotatable bonds is 5. The molecule has 17 heavy (non-hydrogen) atoms. The van der Waals surface area contributed by atoms with Crippen LogP contribution in [0.2, 0.25) is 0 Å². The van der Waals surface area contributed by atoms with Gasteiger partial charge in [0.2, 0.25) is 5.91 Å². The second-order valence-corrected chi connectivity index (χ2v) is 4.46. The zero-order valence-corrected chi connectivity index (χ0v) is 10.3. The van der Waals surface area contributed by atoms with Crippen molar-refractivity contribution in [1.29, 1.82) is 0 Å². The standard InChI is InChI=1S/C14H20N2O/c1-2-15-10-9-14(17)16-13-8-7-11-5-3-4-6-12(11)13/h3-6,13,15H,2,7-10H2,1H3,(H,16,17). The lowest BCUT2D eigenvalue weighted by Gasteiger charge is -2.14. The van der Waals surface area contributed by atoms with Crippen molar-refractivity contribution in [2.45, 2.75) is 32.2 Å². The molecule has 1 aliphatic rings. The van der Waals surface area contributed by atoms with Gasteiger partial charge in [-0.3, -0.25) is 4.79 Å². The van der Waals surface area contributed by atoms with E-state index in [9.17, 15) is 4.79 Å². The summed E-state index contributed by atoms with van der Waals surface area (Å²) in [5, 5.41) is 6.28. The molecule has 0 aliphatic heterocycles. The van der Waals surface area contributed by atoms with Gasteiger partial charge in [0.1, 0.15) is 0 Å². The third-order valence-electron chi connectivity index (χ3n) is 3.25. The van der Waals surface area contributed by atoms with E-state index in [1.807, 2.05) is 13.0 Å². The minimum Gasteiger partial charge on any atom is -0.349 e. The number of hydrogen-bond donors (Lipinski definition) is 2. The number of fused-ring (bicyclic) bond motifs is 1. The average molecular weight is 232 g/mol. The molecule has 1 atom stereocenters. The maximum Gasteiger partial charge on any atom is 0.221 e. The van der Waals surface area contributed by atoms with Crippen LogP contribution in [0.1, 0.15) is 36.9 Å². The molecule has 0 bridgehead atoms. The van der Waals surface area contributed by atoms with E-state index in [4.69, 9.17) is 0 Å². The summed E-state index contributed by atoms with van der Waals surface area (Å²) < 4.78 is 0. The van der Waals surface area contributed by atoms with Gasteiger partial charge in [-0.2, -0.15) is 0 Å². The van der Waals surface area contributed by atoms with E-state index in [0.29, 0.717) is 6.42 Å². The molecular formula is C14H20N2O. The molecule has 1 aliphatic carbocycles. The van der Waals surface area contributed by atoms with Crippen molar-refractivity contribution in [2.75, 3.05) is 13.1 Å². The van der Waals surface area contributed by atoms with Crippen molar-refractivity contribution >= 4 is 5.91 Å². The SMILES string of the molecule is CCNCCC(=O)NC1CCc2ccccc21. The lowest BCUT2D eigenvalue weighted by Crippen LogP contribution is -2.30. The quantitative estimate of drug-likeness (QED) is 0.760. The third-order valence-corrected chi connectivity index (χ3v) is 3.25. The molecule has 3 nitrogen and oxygen atoms in total. The number of nitrogens with one attached hydrogen (secondary N) is 2. The van der Waals surface area contributed by atoms with E-state index in [-0.39, 0.29) is 11.9 Å². The van der Waals surface area contributed by atoms with Crippen LogP contribution in [0.3, 0.4) is 0 Å². The van der Waals surface area contributed by atoms with Crippen molar-refractivity contribution in [3.63, 3.8) is 0 Å². The van der Waals surface area contributed by atoms with Crippen LogP contribution in [-0.2, 0) is 11.2 Å². The summed E-state index contributed by atoms with van der Waals surface area (Å²) in [6.45, 7) is 3.72. The van der Waals surface area contributed by atoms with E-state index < -0.39 is 0 Å². The van der Waals surface area contributed by atoms with E-state index >= 15 is 0 Å². The Bertz CT molecular complexity index is 390. The van der Waals surface area contributed by atoms with Gasteiger partial charge in [-0.25, -0.2) is 0 Å². The Hall–Kier alpha value is -1.35. The van der Waals surface area contributed by atoms with Crippen LogP contribution in [0.15, 0.2) is 24.3 Å². The largest absolute Gasteiger partial charge is 0.349 e. The van der Waals surface area contributed by atoms with Gasteiger partial charge in [0.15, 0.2) is 0 Å². The first-order valence-corrected chi connectivity index (χ1v) is 6.39. The average Bonchev–Trinajstić information content (AvgIpc) is 2.73. The summed E-state index contributed by atoms with van der Waals surface area (Å²) >= 11 is 0. The van der Waals surface area contributed by atoms with Crippen LogP contribution < -0.4 is 10.6 Å². The summed E-state index contributed by atoms with van der Waals surface area (Å²) in [4.78, 5) is 11.7. The fourth-order valence-electron chi connectivity index (χ4n) is 2.35. The molecule has 0 saturated carbocycles. The Morgan fingerprint density at radius 1 is 1.41 bits per heavy atom. The molecule has 0 fully saturated rings. The smallest absolute Gasteiger partial charge is 0.221 e. The number of aryl methyl sites for hydroxylation is 1. The normalized spacial score (nSPS) is 17.8. The Labute approximate surface area is 103 Å². The molecule has 1 amide bonds. The van der Waals surface area contributed by atoms with Gasteiger partial charge in [-0.1, -0.05) is 31.2 Å². The van der Waals surface area contributed by atoms with Crippen LogP contribution in [0.4, 0.5) is 0 Å². The molecular weight excluding hydrogens is 212 g/mol. The highest BCUT2D eigenvalue weighted by atomic mass is 16.1. The number of carbonyl (C=O) groups is 1. The van der Waals surface area contributed by atoms with Gasteiger partial charge in [0.05, 0.1) is 6.04 Å². The minimum atomic E-state index is 0.146. The first-order chi connectivity index (χ1) is 8.31. The minimum absolute atomic E-state index is 0.146. The second kappa shape index (κ2) is 5.82. The van der Waals surface area contributed by atoms with Crippen LogP contribution in [0, 0.1) is 0 Å². The zero-order chi connectivity index (χ0) is 12.1. The Kier molecular flexibility index (Phi) is 4.15. The predicted molar refractivity (Wildman–Crippen MR) is 68.8 cm³/mol. The molecule has 2 rings (SSSR count). The summed E-state index contributed by atoms with van der Waals surface area (Å²) in [7, 11) is 0. The maximum atomic E-state index is 11.7. The number of carbonyl (C=O) groups excluding carboxylic acids is 1. The summed E-state index contributed by atoms with van der Waals surface area (Å²) in [5.41, 5.74) is 2.67. The molecule has 0 radical (unpaired) electrons. The highest BCUT2D eigenvalue weighted by molar-refractivity contribution is 5.76. The lowest BCUT2D eigenvalue weighted by atomic mass is 10.1. The second-order valence-electron chi connectivity index (χ2n) is 4.46. The maximum absolute atomic E-state index is 11.7. The molecule has 0 heterocycles. The molecule has 92 valence electrons. The molecule has 0 aromatic heterocycles. The summed E-state index contributed by atoms with van der Waals surface area (Å²) in [5.74, 6) is 0.146. The zero-order valence-electron chi connectivity index (χ0n) is 10.3. The molecule has 2 N–H and O–H groups in total. The Morgan fingerprint density at radius 2 is 2.24 bits per heavy atom. The van der Waals surface area contributed by atoms with Gasteiger partial charge in [-0.15, -0.1) is 0 Å². The first-order valence-electron chi connectivity index (χ1n) is 6.39. The van der Waals surface area contributed by atoms with Crippen LogP contribution in [0.25, 0.3) is 0 Å². The topological polar surface area (TPSA) is 41.1 Å². The number of amides is 1. The molecule has 1 aromatic carbocycles. The Morgan fingerprint density at radius 3 is 3.06 bits per heavy atom. The number of benzene rings is 1. The van der Waals surface area contributed by atoms with Crippen LogP contribution in [-0.4, -0.2) is 19.0 Å². The summed E-state index contributed by atoms with van der Waals surface area (Å²) in [6.07, 6.45) is 2.67. The van der Waals surface area contributed by atoms with Gasteiger partial charge in [0.25, 0.3) is 0 Å². The highest BCUT2D eigenvalue weighted by Crippen LogP contribution is 2.30. The van der Waals surface area contributed by atoms with E-state index in [2.05, 4.69) is 28.8 Å². The van der Waals surface area contributed by atoms with Gasteiger partial charge >= 0.3 is 0 Å². The van der Waals surface area contributed by atoms with Crippen LogP contribution >= 0.6 is 0 Å². The van der Waals surface area contributed by atoms with Crippen molar-refractivity contribution in [3.8, 4) is 0 Å². The molecule has 1 aromatic rings. The predicted octanol–water partition coefficient (Wildman–Crippen LogP) is 1.79. The van der Waals surface area contributed by atoms with E-state index in [0.717, 1.165) is 25.9 Å². The van der Waals surface area contributed by atoms with Gasteiger partial charge < -0.3 is 10.6 Å². The van der Waals surface area contributed by atoms with Gasteiger partial charge in [0, 0.05) is 13.0 Å². The molecule has 1 unspecified atom stereocenters. The Balaban J connectivity index is 1.87. The lowest BCUT2D eigenvalue weighted by molar-refractivity contribution is -0.121. The molecule has 0 saturated heterocycles. The fourth-order valence-corrected chi connectivity index (χ4v) is 2.35. The summed E-state index contributed by atoms with van der Waals surface area (Å²) in [6, 6.07) is 8.61. The van der Waals surface area contributed by atoms with E-state index in [1.165, 1.54) is 11.1 Å². The monoisotopic (exact) mass is 232 g/mol. The fraction of sp³-hybridized carbons (Fsp3) is 0.500.